The zero-order valence-corrected chi connectivity index (χ0v) is 11.3. The number of pyridine rings is 1. The third kappa shape index (κ3) is 2.42. The fourth-order valence-corrected chi connectivity index (χ4v) is 2.93. The molecule has 5 heteroatoms. The predicted molar refractivity (Wildman–Crippen MR) is 76.2 cm³/mol. The largest absolute Gasteiger partial charge is 0.506 e. The number of hydrogen-bond acceptors (Lipinski definition) is 4. The summed E-state index contributed by atoms with van der Waals surface area (Å²) in [6, 6.07) is 9.63. The van der Waals surface area contributed by atoms with Crippen molar-refractivity contribution in [2.75, 3.05) is 0 Å². The van der Waals surface area contributed by atoms with Gasteiger partial charge in [0.1, 0.15) is 11.3 Å². The molecule has 0 unspecified atom stereocenters. The lowest BCUT2D eigenvalue weighted by atomic mass is 10.2. The summed E-state index contributed by atoms with van der Waals surface area (Å²) in [5.74, 6) is 1.05. The van der Waals surface area contributed by atoms with E-state index in [4.69, 9.17) is 0 Å². The molecule has 0 aliphatic heterocycles. The Hall–Kier alpha value is -2.01. The Morgan fingerprint density at radius 1 is 1.26 bits per heavy atom. The van der Waals surface area contributed by atoms with Gasteiger partial charge in [0.15, 0.2) is 0 Å². The van der Waals surface area contributed by atoms with Gasteiger partial charge in [-0.15, -0.1) is 11.8 Å². The van der Waals surface area contributed by atoms with E-state index in [0.717, 1.165) is 21.7 Å². The molecule has 1 N–H and O–H groups in total. The van der Waals surface area contributed by atoms with Gasteiger partial charge >= 0.3 is 0 Å². The van der Waals surface area contributed by atoms with E-state index in [2.05, 4.69) is 10.1 Å². The van der Waals surface area contributed by atoms with Gasteiger partial charge in [-0.25, -0.2) is 0 Å². The standard InChI is InChI=1S/C14H13N3OS/c1-17-11(4-6-16-17)9-19-12-7-10-3-2-5-15-14(10)13(18)8-12/h2-8,18H,9H2,1H3. The third-order valence-electron chi connectivity index (χ3n) is 2.97. The van der Waals surface area contributed by atoms with Crippen LogP contribution in [0.1, 0.15) is 5.69 Å². The quantitative estimate of drug-likeness (QED) is 0.744. The molecule has 2 heterocycles. The van der Waals surface area contributed by atoms with Gasteiger partial charge in [-0.3, -0.25) is 9.67 Å². The molecule has 0 radical (unpaired) electrons. The number of nitrogens with zero attached hydrogens (tertiary/aromatic N) is 3. The van der Waals surface area contributed by atoms with E-state index >= 15 is 0 Å². The van der Waals surface area contributed by atoms with Crippen LogP contribution in [0.15, 0.2) is 47.6 Å². The summed E-state index contributed by atoms with van der Waals surface area (Å²) in [5.41, 5.74) is 1.79. The zero-order valence-electron chi connectivity index (χ0n) is 10.4. The number of benzene rings is 1. The molecule has 4 nitrogen and oxygen atoms in total. The number of hydrogen-bond donors (Lipinski definition) is 1. The number of rotatable bonds is 3. The number of aromatic hydroxyl groups is 1. The van der Waals surface area contributed by atoms with Gasteiger partial charge in [0.2, 0.25) is 0 Å². The number of phenolic OH excluding ortho intramolecular Hbond substituents is 1. The molecule has 0 atom stereocenters. The Labute approximate surface area is 115 Å². The average Bonchev–Trinajstić information content (AvgIpc) is 2.82. The number of aryl methyl sites for hydroxylation is 1. The molecular formula is C14H13N3OS. The highest BCUT2D eigenvalue weighted by atomic mass is 32.2. The van der Waals surface area contributed by atoms with Crippen LogP contribution < -0.4 is 0 Å². The topological polar surface area (TPSA) is 50.9 Å². The number of thioether (sulfide) groups is 1. The number of fused-ring (bicyclic) bond motifs is 1. The Bertz CT molecular complexity index is 724. The second-order valence-electron chi connectivity index (χ2n) is 4.25. The second kappa shape index (κ2) is 4.93. The molecule has 2 aromatic heterocycles. The van der Waals surface area contributed by atoms with Gasteiger partial charge in [-0.2, -0.15) is 5.10 Å². The highest BCUT2D eigenvalue weighted by Gasteiger charge is 2.06. The lowest BCUT2D eigenvalue weighted by Gasteiger charge is -2.06. The molecule has 0 fully saturated rings. The fraction of sp³-hybridized carbons (Fsp3) is 0.143. The minimum Gasteiger partial charge on any atom is -0.506 e. The van der Waals surface area contributed by atoms with Crippen molar-refractivity contribution in [1.29, 1.82) is 0 Å². The van der Waals surface area contributed by atoms with Crippen molar-refractivity contribution in [1.82, 2.24) is 14.8 Å². The normalized spacial score (nSPS) is 11.0. The summed E-state index contributed by atoms with van der Waals surface area (Å²) in [6.45, 7) is 0. The van der Waals surface area contributed by atoms with Crippen LogP contribution in [0.25, 0.3) is 10.9 Å². The third-order valence-corrected chi connectivity index (χ3v) is 3.98. The van der Waals surface area contributed by atoms with E-state index in [9.17, 15) is 5.11 Å². The van der Waals surface area contributed by atoms with E-state index in [0.29, 0.717) is 5.52 Å². The highest BCUT2D eigenvalue weighted by molar-refractivity contribution is 7.98. The summed E-state index contributed by atoms with van der Waals surface area (Å²) >= 11 is 1.67. The molecule has 3 aromatic rings. The first kappa shape index (κ1) is 12.0. The molecule has 3 rings (SSSR count). The lowest BCUT2D eigenvalue weighted by Crippen LogP contribution is -1.95. The zero-order chi connectivity index (χ0) is 13.2. The molecule has 0 saturated heterocycles. The summed E-state index contributed by atoms with van der Waals surface area (Å²) in [7, 11) is 1.93. The van der Waals surface area contributed by atoms with Crippen molar-refractivity contribution in [3.8, 4) is 5.75 Å². The summed E-state index contributed by atoms with van der Waals surface area (Å²) in [6.07, 6.45) is 3.47. The highest BCUT2D eigenvalue weighted by Crippen LogP contribution is 2.31. The number of phenols is 1. The Morgan fingerprint density at radius 3 is 2.95 bits per heavy atom. The molecule has 1 aromatic carbocycles. The minimum atomic E-state index is 0.227. The van der Waals surface area contributed by atoms with Crippen molar-refractivity contribution in [3.63, 3.8) is 0 Å². The van der Waals surface area contributed by atoms with E-state index < -0.39 is 0 Å². The van der Waals surface area contributed by atoms with E-state index in [1.807, 2.05) is 36.0 Å². The van der Waals surface area contributed by atoms with Crippen molar-refractivity contribution >= 4 is 22.7 Å². The first-order chi connectivity index (χ1) is 9.24. The van der Waals surface area contributed by atoms with Crippen LogP contribution in [0.5, 0.6) is 5.75 Å². The van der Waals surface area contributed by atoms with E-state index in [-0.39, 0.29) is 5.75 Å². The van der Waals surface area contributed by atoms with Crippen molar-refractivity contribution in [2.45, 2.75) is 10.6 Å². The molecular weight excluding hydrogens is 258 g/mol. The molecule has 0 spiro atoms. The van der Waals surface area contributed by atoms with Crippen molar-refractivity contribution in [2.24, 2.45) is 7.05 Å². The van der Waals surface area contributed by atoms with Crippen LogP contribution in [0.4, 0.5) is 0 Å². The van der Waals surface area contributed by atoms with Crippen LogP contribution in [0.2, 0.25) is 0 Å². The molecule has 19 heavy (non-hydrogen) atoms. The Kier molecular flexibility index (Phi) is 3.13. The fourth-order valence-electron chi connectivity index (χ4n) is 1.93. The second-order valence-corrected chi connectivity index (χ2v) is 5.30. The van der Waals surface area contributed by atoms with E-state index in [1.54, 1.807) is 30.2 Å². The maximum absolute atomic E-state index is 9.97. The Balaban J connectivity index is 1.87. The van der Waals surface area contributed by atoms with Crippen LogP contribution in [0.3, 0.4) is 0 Å². The predicted octanol–water partition coefficient (Wildman–Crippen LogP) is 2.97. The maximum Gasteiger partial charge on any atom is 0.142 e. The SMILES string of the molecule is Cn1nccc1CSc1cc(O)c2ncccc2c1. The summed E-state index contributed by atoms with van der Waals surface area (Å²) in [4.78, 5) is 5.20. The smallest absolute Gasteiger partial charge is 0.142 e. The maximum atomic E-state index is 9.97. The van der Waals surface area contributed by atoms with Crippen LogP contribution in [-0.4, -0.2) is 19.9 Å². The van der Waals surface area contributed by atoms with Crippen molar-refractivity contribution in [3.05, 3.63) is 48.4 Å². The molecule has 0 bridgehead atoms. The molecule has 0 aliphatic carbocycles. The summed E-state index contributed by atoms with van der Waals surface area (Å²) < 4.78 is 1.86. The average molecular weight is 271 g/mol. The molecule has 0 amide bonds. The van der Waals surface area contributed by atoms with Gasteiger partial charge in [0, 0.05) is 41.2 Å². The van der Waals surface area contributed by atoms with Crippen molar-refractivity contribution < 1.29 is 5.11 Å². The van der Waals surface area contributed by atoms with Crippen LogP contribution in [0, 0.1) is 0 Å². The Morgan fingerprint density at radius 2 is 2.16 bits per heavy atom. The van der Waals surface area contributed by atoms with Gasteiger partial charge < -0.3 is 5.11 Å². The lowest BCUT2D eigenvalue weighted by molar-refractivity contribution is 0.479. The van der Waals surface area contributed by atoms with Crippen LogP contribution >= 0.6 is 11.8 Å². The molecule has 0 saturated carbocycles. The molecule has 96 valence electrons. The first-order valence-corrected chi connectivity index (χ1v) is 6.90. The van der Waals surface area contributed by atoms with Gasteiger partial charge in [-0.05, 0) is 24.3 Å². The monoisotopic (exact) mass is 271 g/mol. The minimum absolute atomic E-state index is 0.227. The number of aromatic nitrogens is 3. The summed E-state index contributed by atoms with van der Waals surface area (Å²) in [5, 5.41) is 15.1. The van der Waals surface area contributed by atoms with Gasteiger partial charge in [0.05, 0.1) is 0 Å². The van der Waals surface area contributed by atoms with Gasteiger partial charge in [0.25, 0.3) is 0 Å². The van der Waals surface area contributed by atoms with Gasteiger partial charge in [-0.1, -0.05) is 6.07 Å². The first-order valence-electron chi connectivity index (χ1n) is 5.91. The molecule has 0 aliphatic rings. The van der Waals surface area contributed by atoms with E-state index in [1.165, 1.54) is 0 Å². The van der Waals surface area contributed by atoms with Crippen LogP contribution in [-0.2, 0) is 12.8 Å².